The van der Waals surface area contributed by atoms with Crippen LogP contribution in [0.3, 0.4) is 0 Å². The molecule has 220 valence electrons. The molecule has 3 aromatic carbocycles. The number of rotatable bonds is 8. The van der Waals surface area contributed by atoms with Crippen molar-refractivity contribution in [2.45, 2.75) is 46.6 Å². The average Bonchev–Trinajstić information content (AvgIpc) is 3.37. The lowest BCUT2D eigenvalue weighted by molar-refractivity contribution is 0.102. The molecular weight excluding hydrogens is 622 g/mol. The van der Waals surface area contributed by atoms with E-state index >= 15 is 0 Å². The maximum absolute atomic E-state index is 13.6. The summed E-state index contributed by atoms with van der Waals surface area (Å²) in [5.41, 5.74) is 5.10. The number of hydrogen-bond donors (Lipinski definition) is 1. The van der Waals surface area contributed by atoms with Crippen LogP contribution in [-0.2, 0) is 19.4 Å². The van der Waals surface area contributed by atoms with Crippen LogP contribution < -0.4 is 14.8 Å². The number of hydrogen-bond acceptors (Lipinski definition) is 6. The van der Waals surface area contributed by atoms with Gasteiger partial charge < -0.3 is 14.8 Å². The standard InChI is InChI=1S/C35H34BrN3O3S/c1-35(2,3)25-14-15-27-30(18-25)43-34(31(27)33(40)39-26-8-6-5-7-9-26)38-20-24-16-28(36)32(29(17-24)41-4)42-21-23-12-10-22(19-37)11-13-23/h5-13,16-17,20,25H,14-15,18,21H2,1-4H3,(H,39,40)/t25-/m0/s1. The van der Waals surface area contributed by atoms with Gasteiger partial charge in [-0.05, 0) is 99.6 Å². The van der Waals surface area contributed by atoms with E-state index in [0.29, 0.717) is 40.2 Å². The molecular formula is C35H34BrN3O3S. The molecule has 1 atom stereocenters. The minimum atomic E-state index is -0.129. The van der Waals surface area contributed by atoms with Crippen LogP contribution in [0.4, 0.5) is 10.7 Å². The lowest BCUT2D eigenvalue weighted by Gasteiger charge is -2.33. The third-order valence-corrected chi connectivity index (χ3v) is 9.53. The van der Waals surface area contributed by atoms with E-state index in [-0.39, 0.29) is 11.3 Å². The van der Waals surface area contributed by atoms with Gasteiger partial charge in [-0.3, -0.25) is 4.79 Å². The van der Waals surface area contributed by atoms with E-state index in [0.717, 1.165) is 46.1 Å². The van der Waals surface area contributed by atoms with Crippen molar-refractivity contribution in [2.24, 2.45) is 16.3 Å². The molecule has 0 spiro atoms. The van der Waals surface area contributed by atoms with Gasteiger partial charge in [0.05, 0.1) is 28.8 Å². The quantitative estimate of drug-likeness (QED) is 0.192. The minimum absolute atomic E-state index is 0.129. The first-order valence-electron chi connectivity index (χ1n) is 14.2. The van der Waals surface area contributed by atoms with Gasteiger partial charge in [0.25, 0.3) is 5.91 Å². The molecule has 1 aliphatic rings. The number of fused-ring (bicyclic) bond motifs is 1. The van der Waals surface area contributed by atoms with Crippen LogP contribution in [-0.4, -0.2) is 19.2 Å². The number of nitriles is 1. The number of amides is 1. The van der Waals surface area contributed by atoms with Gasteiger partial charge in [-0.15, -0.1) is 11.3 Å². The van der Waals surface area contributed by atoms with Crippen molar-refractivity contribution in [3.63, 3.8) is 0 Å². The fourth-order valence-electron chi connectivity index (χ4n) is 5.27. The highest BCUT2D eigenvalue weighted by Gasteiger charge is 2.33. The molecule has 1 amide bonds. The number of halogens is 1. The van der Waals surface area contributed by atoms with Crippen molar-refractivity contribution in [3.8, 4) is 17.6 Å². The first-order chi connectivity index (χ1) is 20.7. The topological polar surface area (TPSA) is 83.7 Å². The summed E-state index contributed by atoms with van der Waals surface area (Å²) in [6, 6.07) is 22.7. The summed E-state index contributed by atoms with van der Waals surface area (Å²) in [7, 11) is 1.60. The predicted octanol–water partition coefficient (Wildman–Crippen LogP) is 9.12. The molecule has 1 N–H and O–H groups in total. The van der Waals surface area contributed by atoms with Crippen LogP contribution in [0.15, 0.2) is 76.2 Å². The summed E-state index contributed by atoms with van der Waals surface area (Å²) in [4.78, 5) is 19.8. The Kier molecular flexibility index (Phi) is 9.34. The number of carbonyl (C=O) groups is 1. The maximum atomic E-state index is 13.6. The molecule has 0 aliphatic heterocycles. The zero-order valence-corrected chi connectivity index (χ0v) is 27.1. The molecule has 0 saturated carbocycles. The number of benzene rings is 3. The Labute approximate surface area is 265 Å². The number of ether oxygens (including phenoxy) is 2. The number of nitrogens with one attached hydrogen (secondary N) is 1. The molecule has 1 aromatic heterocycles. The first-order valence-corrected chi connectivity index (χ1v) is 15.8. The number of nitrogens with zero attached hydrogens (tertiary/aromatic N) is 2. The molecule has 6 nitrogen and oxygen atoms in total. The summed E-state index contributed by atoms with van der Waals surface area (Å²) < 4.78 is 12.5. The number of anilines is 1. The number of thiophene rings is 1. The van der Waals surface area contributed by atoms with Crippen LogP contribution in [0.5, 0.6) is 11.5 Å². The first kappa shape index (κ1) is 30.5. The SMILES string of the molecule is COc1cc(C=Nc2sc3c(c2C(=O)Nc2ccccc2)CC[C@H](C(C)(C)C)C3)cc(Br)c1OCc1ccc(C#N)cc1. The number of carbonyl (C=O) groups excluding carboxylic acids is 1. The summed E-state index contributed by atoms with van der Waals surface area (Å²) in [5.74, 6) is 1.56. The Morgan fingerprint density at radius 3 is 2.58 bits per heavy atom. The lowest BCUT2D eigenvalue weighted by atomic mass is 9.72. The van der Waals surface area contributed by atoms with Crippen molar-refractivity contribution in [1.82, 2.24) is 0 Å². The van der Waals surface area contributed by atoms with Gasteiger partial charge in [-0.1, -0.05) is 51.1 Å². The normalized spacial score (nSPS) is 14.7. The fraction of sp³-hybridized carbons (Fsp3) is 0.286. The van der Waals surface area contributed by atoms with E-state index in [1.807, 2.05) is 54.6 Å². The van der Waals surface area contributed by atoms with E-state index in [9.17, 15) is 4.79 Å². The van der Waals surface area contributed by atoms with Gasteiger partial charge in [0.15, 0.2) is 11.5 Å². The molecule has 4 aromatic rings. The summed E-state index contributed by atoms with van der Waals surface area (Å²) in [6.45, 7) is 7.20. The Bertz CT molecular complexity index is 1680. The molecule has 1 heterocycles. The Hall–Kier alpha value is -3.93. The Morgan fingerprint density at radius 2 is 1.91 bits per heavy atom. The third-order valence-electron chi connectivity index (χ3n) is 7.78. The van der Waals surface area contributed by atoms with E-state index in [4.69, 9.17) is 19.7 Å². The minimum Gasteiger partial charge on any atom is -0.493 e. The highest BCUT2D eigenvalue weighted by atomic mass is 79.9. The van der Waals surface area contributed by atoms with Crippen LogP contribution in [0.1, 0.15) is 64.7 Å². The Balaban J connectivity index is 1.43. The van der Waals surface area contributed by atoms with Gasteiger partial charge in [-0.25, -0.2) is 4.99 Å². The molecule has 43 heavy (non-hydrogen) atoms. The second kappa shape index (κ2) is 13.2. The van der Waals surface area contributed by atoms with Crippen LogP contribution >= 0.6 is 27.3 Å². The fourth-order valence-corrected chi connectivity index (χ4v) is 7.11. The van der Waals surface area contributed by atoms with Gasteiger partial charge in [0, 0.05) is 16.8 Å². The highest BCUT2D eigenvalue weighted by molar-refractivity contribution is 9.10. The number of methoxy groups -OCH3 is 1. The van der Waals surface area contributed by atoms with Crippen molar-refractivity contribution in [1.29, 1.82) is 5.26 Å². The smallest absolute Gasteiger partial charge is 0.259 e. The second-order valence-electron chi connectivity index (χ2n) is 11.7. The predicted molar refractivity (Wildman–Crippen MR) is 177 cm³/mol. The van der Waals surface area contributed by atoms with Crippen molar-refractivity contribution < 1.29 is 14.3 Å². The van der Waals surface area contributed by atoms with Crippen molar-refractivity contribution in [2.75, 3.05) is 12.4 Å². The van der Waals surface area contributed by atoms with E-state index in [1.165, 1.54) is 4.88 Å². The molecule has 1 aliphatic carbocycles. The van der Waals surface area contributed by atoms with Gasteiger partial charge in [-0.2, -0.15) is 5.26 Å². The van der Waals surface area contributed by atoms with Crippen molar-refractivity contribution in [3.05, 3.63) is 104 Å². The lowest BCUT2D eigenvalue weighted by Crippen LogP contribution is -2.27. The average molecular weight is 657 g/mol. The highest BCUT2D eigenvalue weighted by Crippen LogP contribution is 2.45. The largest absolute Gasteiger partial charge is 0.493 e. The monoisotopic (exact) mass is 655 g/mol. The maximum Gasteiger partial charge on any atom is 0.259 e. The van der Waals surface area contributed by atoms with Gasteiger partial charge >= 0.3 is 0 Å². The van der Waals surface area contributed by atoms with Gasteiger partial charge in [0.1, 0.15) is 11.6 Å². The summed E-state index contributed by atoms with van der Waals surface area (Å²) in [6.07, 6.45) is 4.65. The zero-order valence-electron chi connectivity index (χ0n) is 24.7. The van der Waals surface area contributed by atoms with Crippen LogP contribution in [0.25, 0.3) is 0 Å². The number of aliphatic imine (C=N–C) groups is 1. The number of para-hydroxylation sites is 1. The molecule has 8 heteroatoms. The van der Waals surface area contributed by atoms with Gasteiger partial charge in [0.2, 0.25) is 0 Å². The molecule has 0 bridgehead atoms. The molecule has 0 radical (unpaired) electrons. The molecule has 0 unspecified atom stereocenters. The van der Waals surface area contributed by atoms with E-state index in [2.05, 4.69) is 48.1 Å². The van der Waals surface area contributed by atoms with Crippen LogP contribution in [0.2, 0.25) is 0 Å². The molecule has 0 saturated heterocycles. The van der Waals surface area contributed by atoms with E-state index < -0.39 is 0 Å². The zero-order chi connectivity index (χ0) is 30.6. The third kappa shape index (κ3) is 7.18. The second-order valence-corrected chi connectivity index (χ2v) is 13.6. The molecule has 5 rings (SSSR count). The van der Waals surface area contributed by atoms with Crippen molar-refractivity contribution >= 4 is 50.1 Å². The van der Waals surface area contributed by atoms with Crippen LogP contribution in [0, 0.1) is 22.7 Å². The Morgan fingerprint density at radius 1 is 1.16 bits per heavy atom. The summed E-state index contributed by atoms with van der Waals surface area (Å²) in [5, 5.41) is 12.8. The molecule has 0 fully saturated rings. The van der Waals surface area contributed by atoms with E-state index in [1.54, 1.807) is 36.8 Å². The summed E-state index contributed by atoms with van der Waals surface area (Å²) >= 11 is 5.26.